The molecule has 0 saturated carbocycles. The summed E-state index contributed by atoms with van der Waals surface area (Å²) >= 11 is 0. The minimum absolute atomic E-state index is 0.107. The Morgan fingerprint density at radius 3 is 2.28 bits per heavy atom. The molecule has 6 rings (SSSR count). The maximum absolute atomic E-state index is 14.8. The van der Waals surface area contributed by atoms with E-state index in [2.05, 4.69) is 13.2 Å². The van der Waals surface area contributed by atoms with Gasteiger partial charge in [-0.2, -0.15) is 0 Å². The first kappa shape index (κ1) is 37.3. The van der Waals surface area contributed by atoms with Gasteiger partial charge in [0, 0.05) is 33.1 Å². The molecule has 0 aliphatic carbocycles. The van der Waals surface area contributed by atoms with Gasteiger partial charge in [0.25, 0.3) is 0 Å². The lowest BCUT2D eigenvalue weighted by Gasteiger charge is -2.36. The molecule has 0 N–H and O–H groups in total. The number of methoxy groups -OCH3 is 1. The van der Waals surface area contributed by atoms with Crippen LogP contribution in [0.5, 0.6) is 5.75 Å². The molecule has 0 aromatic heterocycles. The van der Waals surface area contributed by atoms with Gasteiger partial charge in [-0.15, -0.1) is 13.2 Å². The molecule has 3 aliphatic heterocycles. The molecule has 3 heterocycles. The smallest absolute Gasteiger partial charge is 0.313 e. The average Bonchev–Trinajstić information content (AvgIpc) is 3.83. The number of rotatable bonds is 16. The molecule has 0 radical (unpaired) electrons. The van der Waals surface area contributed by atoms with Crippen molar-refractivity contribution < 1.29 is 33.4 Å². The zero-order valence-electron chi connectivity index (χ0n) is 30.5. The number of esters is 1. The van der Waals surface area contributed by atoms with E-state index in [1.54, 1.807) is 65.3 Å². The largest absolute Gasteiger partial charge is 0.497 e. The number of likely N-dealkylation sites (N-methyl/N-ethyl adjacent to an activating group) is 1. The summed E-state index contributed by atoms with van der Waals surface area (Å²) in [4.78, 5) is 62.0. The first-order valence-corrected chi connectivity index (χ1v) is 18.0. The molecule has 1 spiro atoms. The third-order valence-corrected chi connectivity index (χ3v) is 10.6. The topological polar surface area (TPSA) is 106 Å². The first-order chi connectivity index (χ1) is 25.6. The standard InChI is InChI=1S/C43H47N3O7/c1-6-8-19-35(47)44(4)29(3)38(32-17-13-10-14-18-32)52-42(50)36-34-24-25-43(53-34)37(36)40(48)46(28-31-20-22-33(51-5)23-21-31)39(43)41(49)45(26-7-2)27-30-15-11-9-12-16-30/h6-7,9-18,20-25,29,34,36-39H,1-2,8,19,26-28H2,3-5H3/t29-,34+,36+,37+,38+,39-,43+/m0/s1. The molecule has 2 fully saturated rings. The molecule has 0 unspecified atom stereocenters. The van der Waals surface area contributed by atoms with Crippen LogP contribution >= 0.6 is 0 Å². The van der Waals surface area contributed by atoms with Crippen LogP contribution in [0.4, 0.5) is 0 Å². The highest BCUT2D eigenvalue weighted by atomic mass is 16.6. The molecule has 7 atom stereocenters. The third-order valence-electron chi connectivity index (χ3n) is 10.6. The lowest BCUT2D eigenvalue weighted by molar-refractivity contribution is -0.164. The fraction of sp³-hybridized carbons (Fsp3) is 0.349. The van der Waals surface area contributed by atoms with E-state index in [0.717, 1.165) is 11.1 Å². The highest BCUT2D eigenvalue weighted by Gasteiger charge is 2.73. The second-order valence-corrected chi connectivity index (χ2v) is 13.8. The van der Waals surface area contributed by atoms with Crippen molar-refractivity contribution in [2.45, 2.75) is 62.7 Å². The summed E-state index contributed by atoms with van der Waals surface area (Å²) in [6.07, 6.45) is 6.09. The first-order valence-electron chi connectivity index (χ1n) is 18.0. The minimum Gasteiger partial charge on any atom is -0.497 e. The zero-order chi connectivity index (χ0) is 37.7. The van der Waals surface area contributed by atoms with Crippen LogP contribution in [0.15, 0.2) is 122 Å². The van der Waals surface area contributed by atoms with Crippen LogP contribution in [0.2, 0.25) is 0 Å². The van der Waals surface area contributed by atoms with E-state index in [1.807, 2.05) is 79.7 Å². The maximum Gasteiger partial charge on any atom is 0.313 e. The van der Waals surface area contributed by atoms with E-state index >= 15 is 0 Å². The Morgan fingerprint density at radius 1 is 0.962 bits per heavy atom. The van der Waals surface area contributed by atoms with Crippen LogP contribution in [-0.2, 0) is 41.7 Å². The van der Waals surface area contributed by atoms with E-state index in [0.29, 0.717) is 24.3 Å². The quantitative estimate of drug-likeness (QED) is 0.139. The lowest BCUT2D eigenvalue weighted by atomic mass is 9.74. The van der Waals surface area contributed by atoms with Crippen molar-refractivity contribution in [3.63, 3.8) is 0 Å². The Morgan fingerprint density at radius 2 is 1.64 bits per heavy atom. The summed E-state index contributed by atoms with van der Waals surface area (Å²) in [6.45, 7) is 10.1. The Labute approximate surface area is 311 Å². The van der Waals surface area contributed by atoms with E-state index in [9.17, 15) is 19.2 Å². The van der Waals surface area contributed by atoms with E-state index < -0.39 is 47.7 Å². The number of amides is 3. The molecule has 2 bridgehead atoms. The summed E-state index contributed by atoms with van der Waals surface area (Å²) in [7, 11) is 3.27. The van der Waals surface area contributed by atoms with Gasteiger partial charge in [-0.1, -0.05) is 97.1 Å². The summed E-state index contributed by atoms with van der Waals surface area (Å²) in [6, 6.07) is 24.6. The number of ether oxygens (including phenoxy) is 3. The predicted octanol–water partition coefficient (Wildman–Crippen LogP) is 5.66. The van der Waals surface area contributed by atoms with Gasteiger partial charge in [0.2, 0.25) is 17.7 Å². The fourth-order valence-electron chi connectivity index (χ4n) is 7.80. The second kappa shape index (κ2) is 16.0. The van der Waals surface area contributed by atoms with Crippen LogP contribution in [0.3, 0.4) is 0 Å². The number of carbonyl (C=O) groups is 4. The second-order valence-electron chi connectivity index (χ2n) is 13.8. The molecule has 2 saturated heterocycles. The van der Waals surface area contributed by atoms with Crippen molar-refractivity contribution in [2.24, 2.45) is 11.8 Å². The number of hydrogen-bond donors (Lipinski definition) is 0. The third kappa shape index (κ3) is 7.28. The van der Waals surface area contributed by atoms with Gasteiger partial charge < -0.3 is 28.9 Å². The van der Waals surface area contributed by atoms with Crippen LogP contribution in [0, 0.1) is 11.8 Å². The van der Waals surface area contributed by atoms with Gasteiger partial charge in [-0.05, 0) is 42.2 Å². The van der Waals surface area contributed by atoms with E-state index in [-0.39, 0.29) is 37.2 Å². The fourth-order valence-corrected chi connectivity index (χ4v) is 7.80. The van der Waals surface area contributed by atoms with Gasteiger partial charge in [0.05, 0.1) is 25.2 Å². The van der Waals surface area contributed by atoms with E-state index in [4.69, 9.17) is 14.2 Å². The monoisotopic (exact) mass is 717 g/mol. The molecule has 3 aliphatic rings. The molecule has 3 amide bonds. The molecule has 3 aromatic carbocycles. The maximum atomic E-state index is 14.8. The number of nitrogens with zero attached hydrogens (tertiary/aromatic N) is 3. The number of allylic oxidation sites excluding steroid dienone is 1. The summed E-state index contributed by atoms with van der Waals surface area (Å²) in [5.41, 5.74) is 1.01. The van der Waals surface area contributed by atoms with Crippen LogP contribution < -0.4 is 4.74 Å². The van der Waals surface area contributed by atoms with Crippen LogP contribution in [0.25, 0.3) is 0 Å². The molecular weight excluding hydrogens is 670 g/mol. The molecular formula is C43H47N3O7. The number of fused-ring (bicyclic) bond motifs is 1. The van der Waals surface area contributed by atoms with Crippen molar-refractivity contribution in [2.75, 3.05) is 20.7 Å². The van der Waals surface area contributed by atoms with Crippen molar-refractivity contribution in [3.8, 4) is 5.75 Å². The van der Waals surface area contributed by atoms with Crippen molar-refractivity contribution in [3.05, 3.63) is 139 Å². The molecule has 3 aromatic rings. The minimum atomic E-state index is -1.41. The van der Waals surface area contributed by atoms with Crippen molar-refractivity contribution in [1.82, 2.24) is 14.7 Å². The molecule has 10 nitrogen and oxygen atoms in total. The van der Waals surface area contributed by atoms with Gasteiger partial charge in [0.1, 0.15) is 29.4 Å². The SMILES string of the molecule is C=CCCC(=O)N(C)[C@@H](C)[C@@H](OC(=O)[C@@H]1[C@H]2C=C[C@]3(O2)[C@H](C(=O)N(CC=C)Cc2ccccc2)N(Cc2ccc(OC)cc2)C(=O)[C@@H]13)c1ccccc1. The Hall–Kier alpha value is -5.48. The van der Waals surface area contributed by atoms with Crippen molar-refractivity contribution in [1.29, 1.82) is 0 Å². The molecule has 10 heteroatoms. The summed E-state index contributed by atoms with van der Waals surface area (Å²) < 4.78 is 18.3. The van der Waals surface area contributed by atoms with Crippen LogP contribution in [-0.4, -0.2) is 82.9 Å². The van der Waals surface area contributed by atoms with E-state index in [1.165, 1.54) is 0 Å². The lowest BCUT2D eigenvalue weighted by Crippen LogP contribution is -2.55. The predicted molar refractivity (Wildman–Crippen MR) is 200 cm³/mol. The number of benzene rings is 3. The highest BCUT2D eigenvalue weighted by molar-refractivity contribution is 5.99. The van der Waals surface area contributed by atoms with Gasteiger partial charge in [-0.25, -0.2) is 0 Å². The van der Waals surface area contributed by atoms with Crippen LogP contribution in [0.1, 0.15) is 42.6 Å². The van der Waals surface area contributed by atoms with Gasteiger partial charge in [0.15, 0.2) is 0 Å². The normalized spacial score (nSPS) is 23.5. The Balaban J connectivity index is 1.35. The number of carbonyl (C=O) groups excluding carboxylic acids is 4. The Kier molecular flexibility index (Phi) is 11.3. The zero-order valence-corrected chi connectivity index (χ0v) is 30.5. The summed E-state index contributed by atoms with van der Waals surface area (Å²) in [5.74, 6) is -2.80. The van der Waals surface area contributed by atoms with Gasteiger partial charge >= 0.3 is 5.97 Å². The van der Waals surface area contributed by atoms with Gasteiger partial charge in [-0.3, -0.25) is 19.2 Å². The average molecular weight is 718 g/mol. The van der Waals surface area contributed by atoms with Crippen molar-refractivity contribution >= 4 is 23.7 Å². The molecule has 53 heavy (non-hydrogen) atoms. The number of hydrogen-bond acceptors (Lipinski definition) is 7. The number of likely N-dealkylation sites (tertiary alicyclic amines) is 1. The summed E-state index contributed by atoms with van der Waals surface area (Å²) in [5, 5.41) is 0. The molecule has 276 valence electrons. The Bertz CT molecular complexity index is 1850. The highest BCUT2D eigenvalue weighted by Crippen LogP contribution is 2.56.